The number of anilines is 9. The lowest BCUT2D eigenvalue weighted by Gasteiger charge is -2.33. The van der Waals surface area contributed by atoms with Gasteiger partial charge in [0.05, 0.1) is 22.7 Å². The second kappa shape index (κ2) is 18.7. The maximum absolute atomic E-state index is 6.24. The maximum Gasteiger partial charge on any atom is 0.135 e. The fourth-order valence-electron chi connectivity index (χ4n) is 10.8. The van der Waals surface area contributed by atoms with Crippen molar-refractivity contribution in [1.82, 2.24) is 0 Å². The van der Waals surface area contributed by atoms with Crippen LogP contribution in [0, 0.1) is 0 Å². The molecule has 4 nitrogen and oxygen atoms in total. The molecule has 5 heteroatoms. The van der Waals surface area contributed by atoms with Crippen LogP contribution in [0.2, 0.25) is 0 Å². The highest BCUT2D eigenvalue weighted by atomic mass is 32.1. The Bertz CT molecular complexity index is 4350. The molecule has 0 N–H and O–H groups in total. The van der Waals surface area contributed by atoms with Gasteiger partial charge in [0.2, 0.25) is 0 Å². The lowest BCUT2D eigenvalue weighted by atomic mass is 10.0. The Balaban J connectivity index is 1.01. The average Bonchev–Trinajstić information content (AvgIpc) is 4.06. The molecule has 0 atom stereocenters. The third-order valence-corrected chi connectivity index (χ3v) is 15.5. The molecule has 0 saturated heterocycles. The van der Waals surface area contributed by atoms with Crippen LogP contribution in [0.3, 0.4) is 0 Å². The van der Waals surface area contributed by atoms with Crippen molar-refractivity contribution in [3.8, 4) is 22.3 Å². The quantitative estimate of drug-likeness (QED) is 0.129. The summed E-state index contributed by atoms with van der Waals surface area (Å²) in [5, 5.41) is 7.06. The summed E-state index contributed by atoms with van der Waals surface area (Å²) in [5.41, 5.74) is 15.7. The predicted molar refractivity (Wildman–Crippen MR) is 319 cm³/mol. The van der Waals surface area contributed by atoms with Gasteiger partial charge >= 0.3 is 0 Å². The first kappa shape index (κ1) is 44.1. The van der Waals surface area contributed by atoms with Crippen LogP contribution in [0.25, 0.3) is 75.1 Å². The van der Waals surface area contributed by atoms with Crippen LogP contribution in [0.15, 0.2) is 290 Å². The third-order valence-electron chi connectivity index (χ3n) is 14.4. The second-order valence-corrected chi connectivity index (χ2v) is 20.0. The summed E-state index contributed by atoms with van der Waals surface area (Å²) >= 11 is 1.84. The molecule has 0 radical (unpaired) electrons. The Morgan fingerprint density at radius 2 is 0.707 bits per heavy atom. The average molecular weight is 978 g/mol. The van der Waals surface area contributed by atoms with Crippen molar-refractivity contribution >= 4 is 115 Å². The van der Waals surface area contributed by atoms with Crippen LogP contribution >= 0.6 is 11.3 Å². The summed E-state index contributed by atoms with van der Waals surface area (Å²) in [6.07, 6.45) is 0. The number of nitrogens with zero attached hydrogens (tertiary/aromatic N) is 3. The molecule has 0 aliphatic rings. The molecule has 0 amide bonds. The van der Waals surface area contributed by atoms with E-state index >= 15 is 0 Å². The van der Waals surface area contributed by atoms with E-state index < -0.39 is 0 Å². The van der Waals surface area contributed by atoms with E-state index in [1.807, 2.05) is 23.5 Å². The molecule has 0 unspecified atom stereocenters. The molecule has 14 rings (SSSR count). The highest BCUT2D eigenvalue weighted by Crippen LogP contribution is 2.48. The van der Waals surface area contributed by atoms with E-state index in [0.29, 0.717) is 0 Å². The molecule has 0 bridgehead atoms. The fraction of sp³-hybridized carbons (Fsp3) is 0. The first-order valence-corrected chi connectivity index (χ1v) is 26.2. The van der Waals surface area contributed by atoms with Gasteiger partial charge in [-0.15, -0.1) is 11.3 Å². The molecule has 0 aliphatic heterocycles. The molecule has 75 heavy (non-hydrogen) atoms. The molecule has 2 heterocycles. The fourth-order valence-corrected chi connectivity index (χ4v) is 11.9. The molecule has 354 valence electrons. The summed E-state index contributed by atoms with van der Waals surface area (Å²) in [7, 11) is 0. The van der Waals surface area contributed by atoms with E-state index in [9.17, 15) is 0 Å². The van der Waals surface area contributed by atoms with Crippen molar-refractivity contribution in [1.29, 1.82) is 0 Å². The Morgan fingerprint density at radius 1 is 0.240 bits per heavy atom. The van der Waals surface area contributed by atoms with Gasteiger partial charge in [0, 0.05) is 64.8 Å². The minimum Gasteiger partial charge on any atom is -0.456 e. The maximum atomic E-state index is 6.24. The van der Waals surface area contributed by atoms with Gasteiger partial charge in [0.1, 0.15) is 11.2 Å². The highest BCUT2D eigenvalue weighted by Gasteiger charge is 2.24. The molecule has 0 saturated carbocycles. The van der Waals surface area contributed by atoms with Gasteiger partial charge in [-0.2, -0.15) is 0 Å². The van der Waals surface area contributed by atoms with Crippen molar-refractivity contribution in [2.75, 3.05) is 14.7 Å². The summed E-state index contributed by atoms with van der Waals surface area (Å²) in [5.74, 6) is 0. The largest absolute Gasteiger partial charge is 0.456 e. The summed E-state index contributed by atoms with van der Waals surface area (Å²) < 4.78 is 8.77. The van der Waals surface area contributed by atoms with Crippen LogP contribution in [-0.2, 0) is 0 Å². The van der Waals surface area contributed by atoms with Crippen molar-refractivity contribution in [3.63, 3.8) is 0 Å². The van der Waals surface area contributed by atoms with Gasteiger partial charge in [-0.25, -0.2) is 0 Å². The Kier molecular flexibility index (Phi) is 11.0. The normalized spacial score (nSPS) is 11.5. The van der Waals surface area contributed by atoms with Gasteiger partial charge in [0.25, 0.3) is 0 Å². The molecule has 14 aromatic rings. The van der Waals surface area contributed by atoms with Crippen LogP contribution in [0.1, 0.15) is 0 Å². The first-order valence-electron chi connectivity index (χ1n) is 25.4. The molecular formula is C70H47N3OS. The van der Waals surface area contributed by atoms with Crippen LogP contribution in [0.4, 0.5) is 51.2 Å². The molecular weight excluding hydrogens is 931 g/mol. The predicted octanol–water partition coefficient (Wildman–Crippen LogP) is 20.9. The van der Waals surface area contributed by atoms with Crippen LogP contribution < -0.4 is 14.7 Å². The van der Waals surface area contributed by atoms with E-state index in [-0.39, 0.29) is 0 Å². The highest BCUT2D eigenvalue weighted by molar-refractivity contribution is 7.25. The number of rotatable bonds is 11. The Morgan fingerprint density at radius 3 is 1.41 bits per heavy atom. The zero-order valence-electron chi connectivity index (χ0n) is 40.8. The standard InChI is InChI=1S/C70H47N3OS/c1-4-17-48(18-5-1)49-31-36-55(37-32-49)71(53-21-6-2-7-22-53)58-44-59(46-60(45-58)73(54-23-8-3-9-24-54)66-28-16-20-51-19-10-11-25-61(51)66)72(57-40-42-70-65(47-57)63-27-13-15-30-69(63)75-70)56-38-33-50(34-39-56)52-35-41-68-64(43-52)62-26-12-14-29-67(62)74-68/h1-47H. The van der Waals surface area contributed by atoms with Gasteiger partial charge in [-0.05, 0) is 143 Å². The first-order chi connectivity index (χ1) is 37.2. The third kappa shape index (κ3) is 8.13. The van der Waals surface area contributed by atoms with Gasteiger partial charge < -0.3 is 19.1 Å². The zero-order valence-corrected chi connectivity index (χ0v) is 41.6. The van der Waals surface area contributed by atoms with Gasteiger partial charge in [-0.3, -0.25) is 0 Å². The van der Waals surface area contributed by atoms with E-state index in [0.717, 1.165) is 95.2 Å². The van der Waals surface area contributed by atoms with Crippen molar-refractivity contribution < 1.29 is 4.42 Å². The van der Waals surface area contributed by atoms with Crippen LogP contribution in [0.5, 0.6) is 0 Å². The minimum absolute atomic E-state index is 0.888. The molecule has 0 spiro atoms. The number of benzene rings is 12. The summed E-state index contributed by atoms with van der Waals surface area (Å²) in [6.45, 7) is 0. The van der Waals surface area contributed by atoms with Crippen molar-refractivity contribution in [2.45, 2.75) is 0 Å². The van der Waals surface area contributed by atoms with Gasteiger partial charge in [0.15, 0.2) is 0 Å². The summed E-state index contributed by atoms with van der Waals surface area (Å²) in [4.78, 5) is 7.24. The van der Waals surface area contributed by atoms with E-state index in [2.05, 4.69) is 288 Å². The van der Waals surface area contributed by atoms with Crippen molar-refractivity contribution in [3.05, 3.63) is 285 Å². The van der Waals surface area contributed by atoms with E-state index in [4.69, 9.17) is 4.42 Å². The Labute approximate surface area is 439 Å². The monoisotopic (exact) mass is 977 g/mol. The topological polar surface area (TPSA) is 22.9 Å². The number of hydrogen-bond donors (Lipinski definition) is 0. The number of thiophene rings is 1. The second-order valence-electron chi connectivity index (χ2n) is 18.9. The molecule has 2 aromatic heterocycles. The van der Waals surface area contributed by atoms with Crippen LogP contribution in [-0.4, -0.2) is 0 Å². The van der Waals surface area contributed by atoms with Gasteiger partial charge in [-0.1, -0.05) is 170 Å². The smallest absolute Gasteiger partial charge is 0.135 e. The van der Waals surface area contributed by atoms with Crippen molar-refractivity contribution in [2.24, 2.45) is 0 Å². The number of hydrogen-bond acceptors (Lipinski definition) is 5. The SMILES string of the molecule is c1ccc(-c2ccc(N(c3ccccc3)c3cc(N(c4ccc(-c5ccc6oc7ccccc7c6c5)cc4)c4ccc5sc6ccccc6c5c4)cc(N(c4ccccc4)c4cccc5ccccc45)c3)cc2)cc1. The lowest BCUT2D eigenvalue weighted by Crippen LogP contribution is -2.16. The van der Waals surface area contributed by atoms with E-state index in [1.54, 1.807) is 0 Å². The number of fused-ring (bicyclic) bond motifs is 7. The van der Waals surface area contributed by atoms with E-state index in [1.165, 1.54) is 31.1 Å². The Hall–Kier alpha value is -9.68. The lowest BCUT2D eigenvalue weighted by molar-refractivity contribution is 0.669. The number of furan rings is 1. The molecule has 12 aromatic carbocycles. The molecule has 0 fully saturated rings. The number of para-hydroxylation sites is 3. The zero-order chi connectivity index (χ0) is 49.7. The molecule has 0 aliphatic carbocycles. The minimum atomic E-state index is 0.888. The summed E-state index contributed by atoms with van der Waals surface area (Å²) in [6, 6.07) is 103.